The third-order valence-corrected chi connectivity index (χ3v) is 4.71. The molecule has 1 aliphatic rings. The number of rotatable bonds is 5. The van der Waals surface area contributed by atoms with E-state index in [1.54, 1.807) is 0 Å². The average Bonchev–Trinajstić information content (AvgIpc) is 2.67. The Morgan fingerprint density at radius 2 is 1.77 bits per heavy atom. The third kappa shape index (κ3) is 4.90. The predicted octanol–water partition coefficient (Wildman–Crippen LogP) is 4.45. The lowest BCUT2D eigenvalue weighted by molar-refractivity contribution is 0.288. The van der Waals surface area contributed by atoms with E-state index in [1.165, 1.54) is 22.3 Å². The standard InChI is InChI=1S/C21H27N3O.HI/c1-3-24(4-2)21(22)23-15-16-7-9-17(10-8-16)18-11-12-20-19(14-18)6-5-13-25-20;/h7-12,14H,3-6,13,15H2,1-2H3,(H2,22,23);1H. The molecule has 2 aromatic carbocycles. The molecular weight excluding hydrogens is 437 g/mol. The number of nitrogens with two attached hydrogens (primary N) is 1. The fourth-order valence-electron chi connectivity index (χ4n) is 3.16. The van der Waals surface area contributed by atoms with Crippen molar-refractivity contribution in [2.45, 2.75) is 33.2 Å². The molecule has 0 amide bonds. The molecule has 4 nitrogen and oxygen atoms in total. The van der Waals surface area contributed by atoms with Gasteiger partial charge in [0.05, 0.1) is 13.2 Å². The predicted molar refractivity (Wildman–Crippen MR) is 119 cm³/mol. The maximum Gasteiger partial charge on any atom is 0.191 e. The second kappa shape index (κ2) is 9.80. The van der Waals surface area contributed by atoms with E-state index in [4.69, 9.17) is 10.5 Å². The molecule has 3 rings (SSSR count). The van der Waals surface area contributed by atoms with Gasteiger partial charge >= 0.3 is 0 Å². The summed E-state index contributed by atoms with van der Waals surface area (Å²) in [6.45, 7) is 7.38. The van der Waals surface area contributed by atoms with E-state index < -0.39 is 0 Å². The molecule has 140 valence electrons. The van der Waals surface area contributed by atoms with Gasteiger partial charge in [-0.1, -0.05) is 30.3 Å². The van der Waals surface area contributed by atoms with E-state index in [0.29, 0.717) is 12.5 Å². The van der Waals surface area contributed by atoms with E-state index in [9.17, 15) is 0 Å². The topological polar surface area (TPSA) is 50.8 Å². The monoisotopic (exact) mass is 465 g/mol. The number of hydrogen-bond donors (Lipinski definition) is 1. The molecule has 5 heteroatoms. The molecule has 0 fully saturated rings. The lowest BCUT2D eigenvalue weighted by atomic mass is 9.98. The van der Waals surface area contributed by atoms with Crippen LogP contribution < -0.4 is 10.5 Å². The number of guanidine groups is 1. The van der Waals surface area contributed by atoms with E-state index in [0.717, 1.165) is 38.3 Å². The zero-order valence-corrected chi connectivity index (χ0v) is 17.9. The number of hydrogen-bond acceptors (Lipinski definition) is 2. The fourth-order valence-corrected chi connectivity index (χ4v) is 3.16. The van der Waals surface area contributed by atoms with Gasteiger partial charge in [-0.25, -0.2) is 4.99 Å². The SMILES string of the molecule is CCN(CC)C(N)=NCc1ccc(-c2ccc3c(c2)CCCO3)cc1.I. The number of benzene rings is 2. The van der Waals surface area contributed by atoms with E-state index in [-0.39, 0.29) is 24.0 Å². The summed E-state index contributed by atoms with van der Waals surface area (Å²) in [6, 6.07) is 15.0. The number of fused-ring (bicyclic) bond motifs is 1. The molecule has 0 aliphatic carbocycles. The van der Waals surface area contributed by atoms with Gasteiger partial charge < -0.3 is 15.4 Å². The third-order valence-electron chi connectivity index (χ3n) is 4.71. The average molecular weight is 465 g/mol. The van der Waals surface area contributed by atoms with Crippen LogP contribution in [-0.2, 0) is 13.0 Å². The highest BCUT2D eigenvalue weighted by molar-refractivity contribution is 14.0. The van der Waals surface area contributed by atoms with Crippen LogP contribution >= 0.6 is 24.0 Å². The molecule has 1 aliphatic heterocycles. The van der Waals surface area contributed by atoms with Gasteiger partial charge in [-0.2, -0.15) is 0 Å². The van der Waals surface area contributed by atoms with Gasteiger partial charge in [0.15, 0.2) is 5.96 Å². The first-order chi connectivity index (χ1) is 12.2. The number of aryl methyl sites for hydroxylation is 1. The van der Waals surface area contributed by atoms with Gasteiger partial charge in [-0.15, -0.1) is 24.0 Å². The molecule has 0 atom stereocenters. The van der Waals surface area contributed by atoms with Crippen LogP contribution in [0.4, 0.5) is 0 Å². The first-order valence-electron chi connectivity index (χ1n) is 9.11. The highest BCUT2D eigenvalue weighted by Crippen LogP contribution is 2.30. The minimum atomic E-state index is 0. The van der Waals surface area contributed by atoms with E-state index in [2.05, 4.69) is 66.2 Å². The molecule has 0 aromatic heterocycles. The van der Waals surface area contributed by atoms with Crippen molar-refractivity contribution in [2.75, 3.05) is 19.7 Å². The van der Waals surface area contributed by atoms with Crippen LogP contribution in [0.1, 0.15) is 31.4 Å². The molecule has 2 aromatic rings. The van der Waals surface area contributed by atoms with Crippen molar-refractivity contribution in [3.8, 4) is 16.9 Å². The van der Waals surface area contributed by atoms with Crippen molar-refractivity contribution in [1.29, 1.82) is 0 Å². The second-order valence-electron chi connectivity index (χ2n) is 6.32. The molecule has 0 saturated heterocycles. The van der Waals surface area contributed by atoms with Crippen LogP contribution in [0.5, 0.6) is 5.75 Å². The maximum atomic E-state index is 6.04. The van der Waals surface area contributed by atoms with Crippen molar-refractivity contribution < 1.29 is 4.74 Å². The Bertz CT molecular complexity index is 739. The summed E-state index contributed by atoms with van der Waals surface area (Å²) >= 11 is 0. The van der Waals surface area contributed by atoms with Gasteiger partial charge in [-0.3, -0.25) is 0 Å². The quantitative estimate of drug-likeness (QED) is 0.403. The minimum absolute atomic E-state index is 0. The summed E-state index contributed by atoms with van der Waals surface area (Å²) < 4.78 is 5.69. The van der Waals surface area contributed by atoms with Gasteiger partial charge in [0.1, 0.15) is 5.75 Å². The summed E-state index contributed by atoms with van der Waals surface area (Å²) in [5, 5.41) is 0. The fraction of sp³-hybridized carbons (Fsp3) is 0.381. The Kier molecular flexibility index (Phi) is 7.75. The lowest BCUT2D eigenvalue weighted by Gasteiger charge is -2.19. The Hall–Kier alpha value is -1.76. The highest BCUT2D eigenvalue weighted by Gasteiger charge is 2.11. The van der Waals surface area contributed by atoms with Gasteiger partial charge in [0.25, 0.3) is 0 Å². The molecule has 0 radical (unpaired) electrons. The zero-order valence-electron chi connectivity index (χ0n) is 15.6. The van der Waals surface area contributed by atoms with Gasteiger partial charge in [0, 0.05) is 13.1 Å². The Morgan fingerprint density at radius 1 is 1.08 bits per heavy atom. The van der Waals surface area contributed by atoms with Crippen LogP contribution in [0, 0.1) is 0 Å². The van der Waals surface area contributed by atoms with Crippen molar-refractivity contribution in [3.05, 3.63) is 53.6 Å². The van der Waals surface area contributed by atoms with Crippen LogP contribution in [0.2, 0.25) is 0 Å². The molecule has 0 saturated carbocycles. The van der Waals surface area contributed by atoms with Crippen molar-refractivity contribution in [1.82, 2.24) is 4.90 Å². The largest absolute Gasteiger partial charge is 0.493 e. The van der Waals surface area contributed by atoms with Crippen LogP contribution in [-0.4, -0.2) is 30.6 Å². The first-order valence-corrected chi connectivity index (χ1v) is 9.11. The Balaban J connectivity index is 0.00000243. The minimum Gasteiger partial charge on any atom is -0.493 e. The number of aliphatic imine (C=N–C) groups is 1. The van der Waals surface area contributed by atoms with E-state index in [1.807, 2.05) is 0 Å². The van der Waals surface area contributed by atoms with Gasteiger partial charge in [0.2, 0.25) is 0 Å². The van der Waals surface area contributed by atoms with Crippen LogP contribution in [0.3, 0.4) is 0 Å². The summed E-state index contributed by atoms with van der Waals surface area (Å²) in [5.41, 5.74) is 11.0. The number of nitrogens with zero attached hydrogens (tertiary/aromatic N) is 2. The molecule has 0 bridgehead atoms. The normalized spacial score (nSPS) is 13.4. The molecule has 2 N–H and O–H groups in total. The molecule has 26 heavy (non-hydrogen) atoms. The summed E-state index contributed by atoms with van der Waals surface area (Å²) in [5.74, 6) is 1.65. The maximum absolute atomic E-state index is 6.04. The molecule has 1 heterocycles. The molecular formula is C21H28IN3O. The first kappa shape index (κ1) is 20.6. The summed E-state index contributed by atoms with van der Waals surface area (Å²) in [4.78, 5) is 6.56. The highest BCUT2D eigenvalue weighted by atomic mass is 127. The Morgan fingerprint density at radius 3 is 2.46 bits per heavy atom. The summed E-state index contributed by atoms with van der Waals surface area (Å²) in [6.07, 6.45) is 2.20. The number of ether oxygens (including phenoxy) is 1. The summed E-state index contributed by atoms with van der Waals surface area (Å²) in [7, 11) is 0. The zero-order chi connectivity index (χ0) is 17.6. The molecule has 0 spiro atoms. The van der Waals surface area contributed by atoms with Crippen molar-refractivity contribution in [2.24, 2.45) is 10.7 Å². The van der Waals surface area contributed by atoms with Crippen LogP contribution in [0.15, 0.2) is 47.5 Å². The lowest BCUT2D eigenvalue weighted by Crippen LogP contribution is -2.37. The van der Waals surface area contributed by atoms with Crippen molar-refractivity contribution >= 4 is 29.9 Å². The van der Waals surface area contributed by atoms with Crippen LogP contribution in [0.25, 0.3) is 11.1 Å². The number of halogens is 1. The molecule has 0 unspecified atom stereocenters. The second-order valence-corrected chi connectivity index (χ2v) is 6.32. The Labute approximate surface area is 173 Å². The van der Waals surface area contributed by atoms with E-state index >= 15 is 0 Å². The van der Waals surface area contributed by atoms with Crippen molar-refractivity contribution in [3.63, 3.8) is 0 Å². The van der Waals surface area contributed by atoms with Gasteiger partial charge in [-0.05, 0) is 61.1 Å². The smallest absolute Gasteiger partial charge is 0.191 e.